The number of aryl methyl sites for hydroxylation is 1. The van der Waals surface area contributed by atoms with Crippen molar-refractivity contribution in [2.24, 2.45) is 5.92 Å². The average Bonchev–Trinajstić information content (AvgIpc) is 2.57. The van der Waals surface area contributed by atoms with Gasteiger partial charge in [0.05, 0.1) is 11.8 Å². The lowest BCUT2D eigenvalue weighted by atomic mass is 9.99. The molecule has 0 spiro atoms. The maximum absolute atomic E-state index is 11.4. The Bertz CT molecular complexity index is 551. The highest BCUT2D eigenvalue weighted by molar-refractivity contribution is 6.74. The van der Waals surface area contributed by atoms with E-state index in [-0.39, 0.29) is 11.1 Å². The van der Waals surface area contributed by atoms with Gasteiger partial charge in [0, 0.05) is 18.1 Å². The fraction of sp³-hybridized carbons (Fsp3) is 0.647. The van der Waals surface area contributed by atoms with Crippen LogP contribution in [0, 0.1) is 5.92 Å². The molecule has 0 saturated heterocycles. The molecule has 0 fully saturated rings. The first-order valence-electron chi connectivity index (χ1n) is 7.94. The van der Waals surface area contributed by atoms with E-state index in [9.17, 15) is 9.90 Å². The normalized spacial score (nSPS) is 22.8. The Morgan fingerprint density at radius 3 is 2.68 bits per heavy atom. The van der Waals surface area contributed by atoms with Crippen LogP contribution in [0.5, 0.6) is 0 Å². The van der Waals surface area contributed by atoms with E-state index in [0.29, 0.717) is 12.8 Å². The second-order valence-electron chi connectivity index (χ2n) is 7.70. The summed E-state index contributed by atoms with van der Waals surface area (Å²) in [5.74, 6) is -1.44. The molecule has 0 saturated carbocycles. The minimum absolute atomic E-state index is 0.0746. The number of hydrogen-bond acceptors (Lipinski definition) is 4. The van der Waals surface area contributed by atoms with Gasteiger partial charge in [-0.05, 0) is 49.0 Å². The van der Waals surface area contributed by atoms with E-state index in [0.717, 1.165) is 17.7 Å². The van der Waals surface area contributed by atoms with E-state index in [1.54, 1.807) is 6.20 Å². The highest BCUT2D eigenvalue weighted by Gasteiger charge is 2.41. The van der Waals surface area contributed by atoms with Gasteiger partial charge >= 0.3 is 0 Å². The zero-order chi connectivity index (χ0) is 16.5. The van der Waals surface area contributed by atoms with Crippen molar-refractivity contribution < 1.29 is 14.3 Å². The molecule has 122 valence electrons. The Morgan fingerprint density at radius 1 is 1.41 bits per heavy atom. The maximum atomic E-state index is 11.4. The number of aromatic nitrogens is 1. The Morgan fingerprint density at radius 2 is 2.09 bits per heavy atom. The summed E-state index contributed by atoms with van der Waals surface area (Å²) in [6.07, 6.45) is 3.29. The van der Waals surface area contributed by atoms with Crippen LogP contribution < -0.4 is 5.11 Å². The van der Waals surface area contributed by atoms with E-state index >= 15 is 0 Å². The van der Waals surface area contributed by atoms with Crippen LogP contribution in [0.3, 0.4) is 0 Å². The summed E-state index contributed by atoms with van der Waals surface area (Å²) in [6, 6.07) is 3.93. The predicted molar refractivity (Wildman–Crippen MR) is 86.7 cm³/mol. The standard InChI is InChI=1S/C17H27NO3Si/c1-17(2,3)22(4,5)21-14-11-13(16(19)20)9-8-12-7-6-10-18-15(12)14/h6-7,10,13-14H,8-9,11H2,1-5H3,(H,19,20)/p-1. The second kappa shape index (κ2) is 6.12. The molecule has 2 rings (SSSR count). The molecule has 22 heavy (non-hydrogen) atoms. The summed E-state index contributed by atoms with van der Waals surface area (Å²) in [4.78, 5) is 15.9. The van der Waals surface area contributed by atoms with Gasteiger partial charge in [0.2, 0.25) is 0 Å². The minimum atomic E-state index is -2.00. The predicted octanol–water partition coefficient (Wildman–Crippen LogP) is 2.85. The number of carbonyl (C=O) groups is 1. The number of nitrogens with zero attached hydrogens (tertiary/aromatic N) is 1. The SMILES string of the molecule is CC(C)(C)[Si](C)(C)OC1CC(C(=O)[O-])CCc2cccnc21. The first kappa shape index (κ1) is 17.2. The Labute approximate surface area is 134 Å². The summed E-state index contributed by atoms with van der Waals surface area (Å²) in [7, 11) is -2.00. The third-order valence-electron chi connectivity index (χ3n) is 5.07. The van der Waals surface area contributed by atoms with Crippen molar-refractivity contribution in [3.05, 3.63) is 29.6 Å². The fourth-order valence-electron chi connectivity index (χ4n) is 2.62. The second-order valence-corrected chi connectivity index (χ2v) is 12.5. The van der Waals surface area contributed by atoms with Crippen molar-refractivity contribution in [2.75, 3.05) is 0 Å². The molecule has 0 bridgehead atoms. The van der Waals surface area contributed by atoms with Crippen LogP contribution in [0.1, 0.15) is 51.0 Å². The number of fused-ring (bicyclic) bond motifs is 1. The van der Waals surface area contributed by atoms with Gasteiger partial charge in [0.15, 0.2) is 8.32 Å². The summed E-state index contributed by atoms with van der Waals surface area (Å²) in [5, 5.41) is 11.5. The topological polar surface area (TPSA) is 62.2 Å². The average molecular weight is 320 g/mol. The maximum Gasteiger partial charge on any atom is 0.192 e. The molecule has 1 aliphatic rings. The van der Waals surface area contributed by atoms with E-state index in [4.69, 9.17) is 4.43 Å². The summed E-state index contributed by atoms with van der Waals surface area (Å²) in [6.45, 7) is 10.9. The third-order valence-corrected chi connectivity index (χ3v) is 9.55. The molecule has 0 N–H and O–H groups in total. The van der Waals surface area contributed by atoms with Crippen LogP contribution in [0.25, 0.3) is 0 Å². The molecular weight excluding hydrogens is 294 g/mol. The Balaban J connectivity index is 2.35. The van der Waals surface area contributed by atoms with Crippen molar-refractivity contribution in [1.82, 2.24) is 4.98 Å². The third kappa shape index (κ3) is 3.58. The van der Waals surface area contributed by atoms with Crippen LogP contribution >= 0.6 is 0 Å². The van der Waals surface area contributed by atoms with E-state index in [1.165, 1.54) is 0 Å². The van der Waals surface area contributed by atoms with Crippen LogP contribution in [0.4, 0.5) is 0 Å². The van der Waals surface area contributed by atoms with E-state index in [2.05, 4.69) is 38.8 Å². The highest BCUT2D eigenvalue weighted by Crippen LogP contribution is 2.42. The molecule has 4 nitrogen and oxygen atoms in total. The van der Waals surface area contributed by atoms with Crippen molar-refractivity contribution in [1.29, 1.82) is 0 Å². The smallest absolute Gasteiger partial charge is 0.192 e. The van der Waals surface area contributed by atoms with Gasteiger partial charge in [-0.2, -0.15) is 0 Å². The number of hydrogen-bond donors (Lipinski definition) is 0. The van der Waals surface area contributed by atoms with Gasteiger partial charge < -0.3 is 14.3 Å². The molecule has 0 amide bonds. The first-order chi connectivity index (χ1) is 10.1. The molecular formula is C17H26NO3Si-. The molecule has 0 aromatic carbocycles. The molecule has 2 unspecified atom stereocenters. The minimum Gasteiger partial charge on any atom is -0.550 e. The Kier molecular flexibility index (Phi) is 4.78. The molecule has 0 aliphatic heterocycles. The summed E-state index contributed by atoms with van der Waals surface area (Å²) >= 11 is 0. The van der Waals surface area contributed by atoms with Gasteiger partial charge in [-0.15, -0.1) is 0 Å². The number of carboxylic acid groups (broad SMARTS) is 1. The van der Waals surface area contributed by atoms with Gasteiger partial charge in [-0.25, -0.2) is 0 Å². The molecule has 2 atom stereocenters. The lowest BCUT2D eigenvalue weighted by molar-refractivity contribution is -0.312. The van der Waals surface area contributed by atoms with Crippen molar-refractivity contribution in [3.8, 4) is 0 Å². The monoisotopic (exact) mass is 320 g/mol. The molecule has 1 aromatic heterocycles. The number of rotatable bonds is 3. The van der Waals surface area contributed by atoms with Gasteiger partial charge in [0.1, 0.15) is 0 Å². The van der Waals surface area contributed by atoms with Gasteiger partial charge in [-0.1, -0.05) is 26.8 Å². The first-order valence-corrected chi connectivity index (χ1v) is 10.8. The van der Waals surface area contributed by atoms with Crippen molar-refractivity contribution in [2.45, 2.75) is 64.3 Å². The number of aliphatic carboxylic acids is 1. The summed E-state index contributed by atoms with van der Waals surface area (Å²) in [5.41, 5.74) is 2.02. The van der Waals surface area contributed by atoms with E-state index < -0.39 is 20.2 Å². The highest BCUT2D eigenvalue weighted by atomic mass is 28.4. The van der Waals surface area contributed by atoms with Crippen molar-refractivity contribution in [3.63, 3.8) is 0 Å². The van der Waals surface area contributed by atoms with Crippen LogP contribution in [0.15, 0.2) is 18.3 Å². The largest absolute Gasteiger partial charge is 0.550 e. The Hall–Kier alpha value is -1.20. The number of pyridine rings is 1. The van der Waals surface area contributed by atoms with Crippen LogP contribution in [-0.4, -0.2) is 19.3 Å². The molecule has 5 heteroatoms. The molecule has 1 heterocycles. The lowest BCUT2D eigenvalue weighted by Crippen LogP contribution is -2.42. The zero-order valence-electron chi connectivity index (χ0n) is 14.2. The fourth-order valence-corrected chi connectivity index (χ4v) is 3.89. The van der Waals surface area contributed by atoms with Gasteiger partial charge in [-0.3, -0.25) is 4.98 Å². The summed E-state index contributed by atoms with van der Waals surface area (Å²) < 4.78 is 6.52. The van der Waals surface area contributed by atoms with Crippen LogP contribution in [0.2, 0.25) is 18.1 Å². The number of carbonyl (C=O) groups excluding carboxylic acids is 1. The molecule has 0 radical (unpaired) electrons. The molecule has 1 aliphatic carbocycles. The quantitative estimate of drug-likeness (QED) is 0.634. The molecule has 1 aromatic rings. The lowest BCUT2D eigenvalue weighted by Gasteiger charge is -2.39. The van der Waals surface area contributed by atoms with E-state index in [1.807, 2.05) is 12.1 Å². The van der Waals surface area contributed by atoms with Crippen LogP contribution in [-0.2, 0) is 15.6 Å². The number of carboxylic acids is 1. The van der Waals surface area contributed by atoms with Crippen molar-refractivity contribution >= 4 is 14.3 Å². The zero-order valence-corrected chi connectivity index (χ0v) is 15.2. The van der Waals surface area contributed by atoms with Gasteiger partial charge in [0.25, 0.3) is 0 Å².